The van der Waals surface area contributed by atoms with Gasteiger partial charge in [-0.15, -0.1) is 0 Å². The first-order chi connectivity index (χ1) is 10.4. The van der Waals surface area contributed by atoms with Crippen LogP contribution in [0.1, 0.15) is 21.5 Å². The Hall–Kier alpha value is -1.91. The predicted octanol–water partition coefficient (Wildman–Crippen LogP) is 4.41. The molecule has 22 heavy (non-hydrogen) atoms. The van der Waals surface area contributed by atoms with Gasteiger partial charge >= 0.3 is 5.97 Å². The van der Waals surface area contributed by atoms with E-state index >= 15 is 0 Å². The molecule has 0 radical (unpaired) electrons. The van der Waals surface area contributed by atoms with Gasteiger partial charge in [-0.05, 0) is 36.2 Å². The SMILES string of the molecule is COC(=O)c1ccc(CNc2cc(Cl)c(C)c(Cl)c2O)cc1. The maximum atomic E-state index is 11.4. The van der Waals surface area contributed by atoms with Crippen LogP contribution < -0.4 is 5.32 Å². The van der Waals surface area contributed by atoms with E-state index in [1.54, 1.807) is 37.3 Å². The van der Waals surface area contributed by atoms with Crippen LogP contribution in [0.25, 0.3) is 0 Å². The zero-order valence-corrected chi connectivity index (χ0v) is 13.6. The van der Waals surface area contributed by atoms with Crippen LogP contribution >= 0.6 is 23.2 Å². The minimum atomic E-state index is -0.380. The summed E-state index contributed by atoms with van der Waals surface area (Å²) < 4.78 is 4.64. The quantitative estimate of drug-likeness (QED) is 0.640. The van der Waals surface area contributed by atoms with Gasteiger partial charge in [0.05, 0.1) is 23.4 Å². The molecular formula is C16H15Cl2NO3. The molecule has 0 aromatic heterocycles. The smallest absolute Gasteiger partial charge is 0.337 e. The Morgan fingerprint density at radius 3 is 2.50 bits per heavy atom. The van der Waals surface area contributed by atoms with Crippen LogP contribution in [-0.2, 0) is 11.3 Å². The summed E-state index contributed by atoms with van der Waals surface area (Å²) in [6, 6.07) is 8.58. The third kappa shape index (κ3) is 3.46. The van der Waals surface area contributed by atoms with Crippen molar-refractivity contribution in [2.75, 3.05) is 12.4 Å². The second-order valence-electron chi connectivity index (χ2n) is 4.74. The predicted molar refractivity (Wildman–Crippen MR) is 88.0 cm³/mol. The van der Waals surface area contributed by atoms with E-state index in [1.807, 2.05) is 0 Å². The summed E-state index contributed by atoms with van der Waals surface area (Å²) in [7, 11) is 1.34. The minimum Gasteiger partial charge on any atom is -0.504 e. The Kier molecular flexibility index (Phi) is 5.16. The van der Waals surface area contributed by atoms with Crippen LogP contribution in [0.4, 0.5) is 5.69 Å². The van der Waals surface area contributed by atoms with Crippen molar-refractivity contribution in [1.82, 2.24) is 0 Å². The Morgan fingerprint density at radius 1 is 1.27 bits per heavy atom. The number of anilines is 1. The van der Waals surface area contributed by atoms with E-state index in [-0.39, 0.29) is 16.7 Å². The number of phenols is 1. The molecule has 0 aliphatic carbocycles. The van der Waals surface area contributed by atoms with Gasteiger partial charge < -0.3 is 15.2 Å². The maximum absolute atomic E-state index is 11.4. The van der Waals surface area contributed by atoms with Crippen molar-refractivity contribution in [1.29, 1.82) is 0 Å². The molecule has 2 aromatic rings. The van der Waals surface area contributed by atoms with Crippen molar-refractivity contribution in [2.24, 2.45) is 0 Å². The first kappa shape index (κ1) is 16.5. The molecule has 0 bridgehead atoms. The summed E-state index contributed by atoms with van der Waals surface area (Å²) in [4.78, 5) is 11.4. The van der Waals surface area contributed by atoms with Crippen molar-refractivity contribution in [3.8, 4) is 5.75 Å². The lowest BCUT2D eigenvalue weighted by Crippen LogP contribution is -2.03. The lowest BCUT2D eigenvalue weighted by Gasteiger charge is -2.12. The molecule has 0 unspecified atom stereocenters. The Balaban J connectivity index is 2.12. The van der Waals surface area contributed by atoms with E-state index in [0.29, 0.717) is 28.4 Å². The first-order valence-electron chi connectivity index (χ1n) is 6.52. The normalized spacial score (nSPS) is 10.4. The molecule has 2 aromatic carbocycles. The molecule has 116 valence electrons. The van der Waals surface area contributed by atoms with Crippen molar-refractivity contribution >= 4 is 34.9 Å². The van der Waals surface area contributed by atoms with Crippen LogP contribution in [0.3, 0.4) is 0 Å². The summed E-state index contributed by atoms with van der Waals surface area (Å²) >= 11 is 12.1. The zero-order valence-electron chi connectivity index (χ0n) is 12.1. The number of halogens is 2. The molecule has 0 heterocycles. The van der Waals surface area contributed by atoms with Crippen LogP contribution in [0, 0.1) is 6.92 Å². The van der Waals surface area contributed by atoms with Crippen molar-refractivity contribution in [3.63, 3.8) is 0 Å². The number of phenolic OH excluding ortho intramolecular Hbond substituents is 1. The molecule has 0 saturated heterocycles. The molecule has 0 spiro atoms. The molecule has 0 amide bonds. The number of hydrogen-bond acceptors (Lipinski definition) is 4. The van der Waals surface area contributed by atoms with Crippen LogP contribution in [-0.4, -0.2) is 18.2 Å². The molecule has 2 rings (SSSR count). The number of carbonyl (C=O) groups excluding carboxylic acids is 1. The number of methoxy groups -OCH3 is 1. The average Bonchev–Trinajstić information content (AvgIpc) is 2.54. The summed E-state index contributed by atoms with van der Waals surface area (Å²) in [5.41, 5.74) is 2.50. The number of nitrogens with one attached hydrogen (secondary N) is 1. The topological polar surface area (TPSA) is 58.6 Å². The van der Waals surface area contributed by atoms with Gasteiger partial charge in [0, 0.05) is 11.6 Å². The highest BCUT2D eigenvalue weighted by atomic mass is 35.5. The summed E-state index contributed by atoms with van der Waals surface area (Å²) in [5, 5.41) is 13.8. The van der Waals surface area contributed by atoms with Gasteiger partial charge in [-0.3, -0.25) is 0 Å². The second kappa shape index (κ2) is 6.90. The number of carbonyl (C=O) groups is 1. The number of ether oxygens (including phenoxy) is 1. The molecule has 2 N–H and O–H groups in total. The maximum Gasteiger partial charge on any atom is 0.337 e. The molecule has 0 saturated carbocycles. The molecule has 6 heteroatoms. The highest BCUT2D eigenvalue weighted by Gasteiger charge is 2.12. The Morgan fingerprint density at radius 2 is 1.91 bits per heavy atom. The summed E-state index contributed by atoms with van der Waals surface area (Å²) in [6.45, 7) is 2.18. The molecule has 0 fully saturated rings. The summed E-state index contributed by atoms with van der Waals surface area (Å²) in [6.07, 6.45) is 0. The van der Waals surface area contributed by atoms with Gasteiger partial charge in [0.25, 0.3) is 0 Å². The molecule has 0 aliphatic heterocycles. The minimum absolute atomic E-state index is 0.0326. The molecule has 4 nitrogen and oxygen atoms in total. The highest BCUT2D eigenvalue weighted by Crippen LogP contribution is 2.38. The van der Waals surface area contributed by atoms with Gasteiger partial charge in [0.1, 0.15) is 0 Å². The summed E-state index contributed by atoms with van der Waals surface area (Å²) in [5.74, 6) is -0.413. The lowest BCUT2D eigenvalue weighted by atomic mass is 10.1. The van der Waals surface area contributed by atoms with Crippen molar-refractivity contribution in [3.05, 3.63) is 57.1 Å². The van der Waals surface area contributed by atoms with Crippen LogP contribution in [0.2, 0.25) is 10.0 Å². The molecular weight excluding hydrogens is 325 g/mol. The van der Waals surface area contributed by atoms with Gasteiger partial charge in [-0.2, -0.15) is 0 Å². The number of hydrogen-bond donors (Lipinski definition) is 2. The van der Waals surface area contributed by atoms with Crippen molar-refractivity contribution < 1.29 is 14.6 Å². The fourth-order valence-electron chi connectivity index (χ4n) is 1.91. The van der Waals surface area contributed by atoms with Gasteiger partial charge in [0.15, 0.2) is 5.75 Å². The molecule has 0 aliphatic rings. The van der Waals surface area contributed by atoms with Gasteiger partial charge in [0.2, 0.25) is 0 Å². The Bertz CT molecular complexity index is 700. The fraction of sp³-hybridized carbons (Fsp3) is 0.188. The van der Waals surface area contributed by atoms with E-state index in [9.17, 15) is 9.90 Å². The number of esters is 1. The monoisotopic (exact) mass is 339 g/mol. The third-order valence-electron chi connectivity index (χ3n) is 3.28. The standard InChI is InChI=1S/C16H15Cl2NO3/c1-9-12(17)7-13(15(20)14(9)18)19-8-10-3-5-11(6-4-10)16(21)22-2/h3-7,19-20H,8H2,1-2H3. The van der Waals surface area contributed by atoms with E-state index in [2.05, 4.69) is 10.1 Å². The van der Waals surface area contributed by atoms with Crippen LogP contribution in [0.15, 0.2) is 30.3 Å². The zero-order chi connectivity index (χ0) is 16.3. The second-order valence-corrected chi connectivity index (χ2v) is 5.52. The fourth-order valence-corrected chi connectivity index (χ4v) is 2.37. The third-order valence-corrected chi connectivity index (χ3v) is 4.13. The number of rotatable bonds is 4. The van der Waals surface area contributed by atoms with E-state index in [0.717, 1.165) is 5.56 Å². The van der Waals surface area contributed by atoms with E-state index in [1.165, 1.54) is 7.11 Å². The average molecular weight is 340 g/mol. The largest absolute Gasteiger partial charge is 0.504 e. The number of aromatic hydroxyl groups is 1. The Labute approximate surface area is 138 Å². The van der Waals surface area contributed by atoms with Gasteiger partial charge in [-0.25, -0.2) is 4.79 Å². The molecule has 0 atom stereocenters. The van der Waals surface area contributed by atoms with Crippen molar-refractivity contribution in [2.45, 2.75) is 13.5 Å². The highest BCUT2D eigenvalue weighted by molar-refractivity contribution is 6.37. The number of benzene rings is 2. The lowest BCUT2D eigenvalue weighted by molar-refractivity contribution is 0.0600. The van der Waals surface area contributed by atoms with Gasteiger partial charge in [-0.1, -0.05) is 35.3 Å². The van der Waals surface area contributed by atoms with E-state index in [4.69, 9.17) is 23.2 Å². The van der Waals surface area contributed by atoms with E-state index < -0.39 is 0 Å². The van der Waals surface area contributed by atoms with Crippen LogP contribution in [0.5, 0.6) is 5.75 Å². The first-order valence-corrected chi connectivity index (χ1v) is 7.28.